The van der Waals surface area contributed by atoms with Crippen molar-refractivity contribution < 1.29 is 0 Å². The van der Waals surface area contributed by atoms with Crippen molar-refractivity contribution in [2.24, 2.45) is 11.7 Å². The maximum atomic E-state index is 5.96. The van der Waals surface area contributed by atoms with Gasteiger partial charge >= 0.3 is 0 Å². The van der Waals surface area contributed by atoms with Crippen LogP contribution in [0.15, 0.2) is 24.3 Å². The molecule has 2 heteroatoms. The molecular formula is C16H26N2. The molecule has 0 aromatic heterocycles. The van der Waals surface area contributed by atoms with Gasteiger partial charge in [-0.25, -0.2) is 0 Å². The van der Waals surface area contributed by atoms with Crippen LogP contribution in [-0.4, -0.2) is 19.1 Å². The van der Waals surface area contributed by atoms with Crippen LogP contribution in [0.3, 0.4) is 0 Å². The first-order valence-corrected chi connectivity index (χ1v) is 7.29. The number of nitrogens with two attached hydrogens (primary N) is 1. The summed E-state index contributed by atoms with van der Waals surface area (Å²) in [4.78, 5) is 2.53. The summed E-state index contributed by atoms with van der Waals surface area (Å²) >= 11 is 0. The molecule has 1 aliphatic rings. The molecule has 0 heterocycles. The molecule has 1 aromatic carbocycles. The standard InChI is InChI=1S/C16H26N2/c1-3-18(12-14-7-6-8-14)16-10-5-4-9-15(16)11-13(2)17/h4-5,9-10,13-14H,3,6-8,11-12,17H2,1-2H3. The Hall–Kier alpha value is -1.02. The van der Waals surface area contributed by atoms with Crippen molar-refractivity contribution in [3.63, 3.8) is 0 Å². The molecule has 0 aliphatic heterocycles. The quantitative estimate of drug-likeness (QED) is 0.835. The maximum absolute atomic E-state index is 5.96. The largest absolute Gasteiger partial charge is 0.371 e. The summed E-state index contributed by atoms with van der Waals surface area (Å²) in [5.74, 6) is 0.910. The van der Waals surface area contributed by atoms with Gasteiger partial charge in [0.2, 0.25) is 0 Å². The second-order valence-electron chi connectivity index (χ2n) is 5.65. The molecule has 100 valence electrons. The van der Waals surface area contributed by atoms with Gasteiger partial charge in [-0.3, -0.25) is 0 Å². The van der Waals surface area contributed by atoms with Crippen molar-refractivity contribution in [3.05, 3.63) is 29.8 Å². The van der Waals surface area contributed by atoms with Crippen molar-refractivity contribution in [3.8, 4) is 0 Å². The third-order valence-electron chi connectivity index (χ3n) is 3.96. The van der Waals surface area contributed by atoms with Crippen molar-refractivity contribution in [2.45, 2.75) is 45.6 Å². The van der Waals surface area contributed by atoms with Crippen LogP contribution >= 0.6 is 0 Å². The zero-order valence-electron chi connectivity index (χ0n) is 11.7. The van der Waals surface area contributed by atoms with Crippen LogP contribution in [0.2, 0.25) is 0 Å². The lowest BCUT2D eigenvalue weighted by molar-refractivity contribution is 0.318. The summed E-state index contributed by atoms with van der Waals surface area (Å²) in [5, 5.41) is 0. The number of anilines is 1. The average Bonchev–Trinajstić information content (AvgIpc) is 2.29. The Morgan fingerprint density at radius 2 is 2.06 bits per heavy atom. The van der Waals surface area contributed by atoms with Crippen LogP contribution < -0.4 is 10.6 Å². The zero-order valence-corrected chi connectivity index (χ0v) is 11.7. The summed E-state index contributed by atoms with van der Waals surface area (Å²) in [5.41, 5.74) is 8.74. The molecule has 0 saturated heterocycles. The van der Waals surface area contributed by atoms with Gasteiger partial charge in [0.1, 0.15) is 0 Å². The van der Waals surface area contributed by atoms with Crippen molar-refractivity contribution in [1.29, 1.82) is 0 Å². The highest BCUT2D eigenvalue weighted by Crippen LogP contribution is 2.30. The highest BCUT2D eigenvalue weighted by molar-refractivity contribution is 5.54. The van der Waals surface area contributed by atoms with E-state index in [1.165, 1.54) is 37.1 Å². The second kappa shape index (κ2) is 6.24. The van der Waals surface area contributed by atoms with E-state index >= 15 is 0 Å². The molecule has 0 amide bonds. The highest BCUT2D eigenvalue weighted by Gasteiger charge is 2.21. The molecule has 1 atom stereocenters. The molecule has 0 radical (unpaired) electrons. The van der Waals surface area contributed by atoms with Crippen LogP contribution in [0.25, 0.3) is 0 Å². The van der Waals surface area contributed by atoms with E-state index in [1.807, 2.05) is 0 Å². The fourth-order valence-corrected chi connectivity index (χ4v) is 2.72. The maximum Gasteiger partial charge on any atom is 0.0399 e. The van der Waals surface area contributed by atoms with E-state index in [9.17, 15) is 0 Å². The lowest BCUT2D eigenvalue weighted by Crippen LogP contribution is -2.33. The summed E-state index contributed by atoms with van der Waals surface area (Å²) < 4.78 is 0. The van der Waals surface area contributed by atoms with Crippen molar-refractivity contribution in [2.75, 3.05) is 18.0 Å². The van der Waals surface area contributed by atoms with Crippen molar-refractivity contribution in [1.82, 2.24) is 0 Å². The monoisotopic (exact) mass is 246 g/mol. The lowest BCUT2D eigenvalue weighted by Gasteiger charge is -2.34. The van der Waals surface area contributed by atoms with Crippen LogP contribution in [0.1, 0.15) is 38.7 Å². The zero-order chi connectivity index (χ0) is 13.0. The molecule has 2 nitrogen and oxygen atoms in total. The smallest absolute Gasteiger partial charge is 0.0399 e. The summed E-state index contributed by atoms with van der Waals surface area (Å²) in [6.07, 6.45) is 5.21. The van der Waals surface area contributed by atoms with Crippen molar-refractivity contribution >= 4 is 5.69 Å². The predicted molar refractivity (Wildman–Crippen MR) is 79.0 cm³/mol. The Morgan fingerprint density at radius 1 is 1.33 bits per heavy atom. The summed E-state index contributed by atoms with van der Waals surface area (Å²) in [6, 6.07) is 8.97. The first kappa shape index (κ1) is 13.4. The van der Waals surface area contributed by atoms with E-state index in [0.717, 1.165) is 18.9 Å². The number of hydrogen-bond acceptors (Lipinski definition) is 2. The van der Waals surface area contributed by atoms with Crippen LogP contribution in [0, 0.1) is 5.92 Å². The van der Waals surface area contributed by atoms with Gasteiger partial charge in [0.05, 0.1) is 0 Å². The Kier molecular flexibility index (Phi) is 4.65. The number of benzene rings is 1. The van der Waals surface area contributed by atoms with Gasteiger partial charge in [0, 0.05) is 24.8 Å². The van der Waals surface area contributed by atoms with E-state index < -0.39 is 0 Å². The molecule has 1 unspecified atom stereocenters. The van der Waals surface area contributed by atoms with E-state index in [2.05, 4.69) is 43.0 Å². The number of nitrogens with zero attached hydrogens (tertiary/aromatic N) is 1. The normalized spacial score (nSPS) is 17.3. The Balaban J connectivity index is 2.12. The lowest BCUT2D eigenvalue weighted by atomic mass is 9.85. The van der Waals surface area contributed by atoms with Gasteiger partial charge in [-0.2, -0.15) is 0 Å². The molecule has 1 aromatic rings. The van der Waals surface area contributed by atoms with E-state index in [4.69, 9.17) is 5.73 Å². The second-order valence-corrected chi connectivity index (χ2v) is 5.65. The van der Waals surface area contributed by atoms with Gasteiger partial charge in [-0.1, -0.05) is 24.6 Å². The predicted octanol–water partition coefficient (Wildman–Crippen LogP) is 3.20. The average molecular weight is 246 g/mol. The molecule has 1 aliphatic carbocycles. The minimum Gasteiger partial charge on any atom is -0.371 e. The Bertz CT molecular complexity index is 369. The number of rotatable bonds is 6. The molecule has 2 rings (SSSR count). The first-order valence-electron chi connectivity index (χ1n) is 7.29. The third kappa shape index (κ3) is 3.26. The van der Waals surface area contributed by atoms with Gasteiger partial charge in [-0.05, 0) is 50.7 Å². The SMILES string of the molecule is CCN(CC1CCC1)c1ccccc1CC(C)N. The molecule has 0 spiro atoms. The van der Waals surface area contributed by atoms with Gasteiger partial charge in [0.15, 0.2) is 0 Å². The first-order chi connectivity index (χ1) is 8.70. The van der Waals surface area contributed by atoms with Gasteiger partial charge < -0.3 is 10.6 Å². The van der Waals surface area contributed by atoms with Gasteiger partial charge in [0.25, 0.3) is 0 Å². The number of para-hydroxylation sites is 1. The Morgan fingerprint density at radius 3 is 2.61 bits per heavy atom. The fourth-order valence-electron chi connectivity index (χ4n) is 2.72. The number of hydrogen-bond donors (Lipinski definition) is 1. The van der Waals surface area contributed by atoms with Crippen LogP contribution in [0.5, 0.6) is 0 Å². The Labute approximate surface area is 111 Å². The minimum atomic E-state index is 0.230. The molecule has 2 N–H and O–H groups in total. The molecule has 1 saturated carbocycles. The molecule has 0 bridgehead atoms. The summed E-state index contributed by atoms with van der Waals surface area (Å²) in [6.45, 7) is 6.64. The topological polar surface area (TPSA) is 29.3 Å². The van der Waals surface area contributed by atoms with Crippen LogP contribution in [-0.2, 0) is 6.42 Å². The third-order valence-corrected chi connectivity index (χ3v) is 3.96. The molecular weight excluding hydrogens is 220 g/mol. The summed E-state index contributed by atoms with van der Waals surface area (Å²) in [7, 11) is 0. The highest BCUT2D eigenvalue weighted by atomic mass is 15.1. The molecule has 1 fully saturated rings. The van der Waals surface area contributed by atoms with E-state index in [1.54, 1.807) is 0 Å². The fraction of sp³-hybridized carbons (Fsp3) is 0.625. The van der Waals surface area contributed by atoms with Gasteiger partial charge in [-0.15, -0.1) is 0 Å². The minimum absolute atomic E-state index is 0.230. The van der Waals surface area contributed by atoms with E-state index in [0.29, 0.717) is 0 Å². The van der Waals surface area contributed by atoms with E-state index in [-0.39, 0.29) is 6.04 Å². The molecule has 18 heavy (non-hydrogen) atoms. The van der Waals surface area contributed by atoms with Crippen LogP contribution in [0.4, 0.5) is 5.69 Å².